The van der Waals surface area contributed by atoms with E-state index in [0.717, 1.165) is 24.5 Å². The van der Waals surface area contributed by atoms with Gasteiger partial charge in [-0.2, -0.15) is 0 Å². The van der Waals surface area contributed by atoms with Gasteiger partial charge in [0.15, 0.2) is 11.5 Å². The molecule has 150 valence electrons. The van der Waals surface area contributed by atoms with Crippen LogP contribution in [0.3, 0.4) is 0 Å². The Balaban J connectivity index is 1.80. The van der Waals surface area contributed by atoms with Crippen LogP contribution >= 0.6 is 0 Å². The zero-order valence-corrected chi connectivity index (χ0v) is 16.7. The van der Waals surface area contributed by atoms with Gasteiger partial charge in [-0.15, -0.1) is 0 Å². The molecule has 0 bridgehead atoms. The number of pyridine rings is 1. The lowest BCUT2D eigenvalue weighted by atomic mass is 10.2. The standard InChI is InChI=1S/C20H26N4O4/c1-23-7-9-24(10-8-23)20(25)16-11-14(5-6-21-16)22-15-12-17(26-2)19(28-4)18(13-15)27-3/h5-6,11-13H,7-10H2,1-4H3,(H,21,22). The molecule has 1 aromatic heterocycles. The molecule has 28 heavy (non-hydrogen) atoms. The van der Waals surface area contributed by atoms with Gasteiger partial charge >= 0.3 is 0 Å². The number of hydrogen-bond acceptors (Lipinski definition) is 7. The Bertz CT molecular complexity index is 810. The monoisotopic (exact) mass is 386 g/mol. The van der Waals surface area contributed by atoms with E-state index in [1.807, 2.05) is 23.1 Å². The summed E-state index contributed by atoms with van der Waals surface area (Å²) >= 11 is 0. The first kappa shape index (κ1) is 19.8. The average molecular weight is 386 g/mol. The fourth-order valence-electron chi connectivity index (χ4n) is 3.12. The average Bonchev–Trinajstić information content (AvgIpc) is 2.73. The number of methoxy groups -OCH3 is 3. The van der Waals surface area contributed by atoms with Gasteiger partial charge in [0.1, 0.15) is 5.69 Å². The molecule has 1 aromatic carbocycles. The van der Waals surface area contributed by atoms with Gasteiger partial charge in [0, 0.05) is 55.9 Å². The highest BCUT2D eigenvalue weighted by atomic mass is 16.5. The minimum Gasteiger partial charge on any atom is -0.493 e. The van der Waals surface area contributed by atoms with E-state index >= 15 is 0 Å². The number of hydrogen-bond donors (Lipinski definition) is 1. The van der Waals surface area contributed by atoms with Gasteiger partial charge in [0.2, 0.25) is 5.75 Å². The highest BCUT2D eigenvalue weighted by Gasteiger charge is 2.21. The summed E-state index contributed by atoms with van der Waals surface area (Å²) in [5, 5.41) is 3.28. The molecular formula is C20H26N4O4. The molecule has 0 aliphatic carbocycles. The highest BCUT2D eigenvalue weighted by molar-refractivity contribution is 5.93. The van der Waals surface area contributed by atoms with Crippen molar-refractivity contribution in [3.8, 4) is 17.2 Å². The zero-order chi connectivity index (χ0) is 20.1. The van der Waals surface area contributed by atoms with Gasteiger partial charge in [-0.3, -0.25) is 9.78 Å². The third-order valence-corrected chi connectivity index (χ3v) is 4.72. The summed E-state index contributed by atoms with van der Waals surface area (Å²) in [7, 11) is 6.76. The molecule has 0 saturated carbocycles. The fraction of sp³-hybridized carbons (Fsp3) is 0.400. The quantitative estimate of drug-likeness (QED) is 0.816. The molecule has 0 unspecified atom stereocenters. The van der Waals surface area contributed by atoms with Crippen LogP contribution in [-0.4, -0.2) is 75.2 Å². The minimum atomic E-state index is -0.0540. The number of anilines is 2. The van der Waals surface area contributed by atoms with Crippen molar-refractivity contribution < 1.29 is 19.0 Å². The molecule has 2 aromatic rings. The lowest BCUT2D eigenvalue weighted by Gasteiger charge is -2.32. The molecule has 1 saturated heterocycles. The topological polar surface area (TPSA) is 76.2 Å². The highest BCUT2D eigenvalue weighted by Crippen LogP contribution is 2.40. The second-order valence-electron chi connectivity index (χ2n) is 6.56. The molecule has 1 fully saturated rings. The van der Waals surface area contributed by atoms with Crippen molar-refractivity contribution in [3.05, 3.63) is 36.2 Å². The first-order chi connectivity index (χ1) is 13.5. The van der Waals surface area contributed by atoms with Crippen LogP contribution in [0.25, 0.3) is 0 Å². The van der Waals surface area contributed by atoms with Crippen molar-refractivity contribution in [3.63, 3.8) is 0 Å². The summed E-state index contributed by atoms with van der Waals surface area (Å²) in [6, 6.07) is 7.18. The summed E-state index contributed by atoms with van der Waals surface area (Å²) in [5.74, 6) is 1.57. The summed E-state index contributed by atoms with van der Waals surface area (Å²) < 4.78 is 16.1. The number of ether oxygens (including phenoxy) is 3. The number of piperazine rings is 1. The van der Waals surface area contributed by atoms with Crippen LogP contribution in [-0.2, 0) is 0 Å². The van der Waals surface area contributed by atoms with Gasteiger partial charge in [0.25, 0.3) is 5.91 Å². The smallest absolute Gasteiger partial charge is 0.272 e. The molecule has 0 spiro atoms. The third-order valence-electron chi connectivity index (χ3n) is 4.72. The molecule has 1 amide bonds. The normalized spacial score (nSPS) is 14.5. The summed E-state index contributed by atoms with van der Waals surface area (Å²) in [6.45, 7) is 3.16. The number of carbonyl (C=O) groups is 1. The predicted molar refractivity (Wildman–Crippen MR) is 107 cm³/mol. The van der Waals surface area contributed by atoms with Crippen LogP contribution in [0.5, 0.6) is 17.2 Å². The van der Waals surface area contributed by atoms with Crippen LogP contribution in [0, 0.1) is 0 Å². The van der Waals surface area contributed by atoms with Crippen LogP contribution in [0.4, 0.5) is 11.4 Å². The Hall–Kier alpha value is -3.00. The van der Waals surface area contributed by atoms with Gasteiger partial charge in [0.05, 0.1) is 21.3 Å². The molecule has 1 aliphatic heterocycles. The molecule has 2 heterocycles. The van der Waals surface area contributed by atoms with Gasteiger partial charge in [-0.1, -0.05) is 0 Å². The molecule has 0 radical (unpaired) electrons. The van der Waals surface area contributed by atoms with Crippen LogP contribution in [0.15, 0.2) is 30.5 Å². The maximum absolute atomic E-state index is 12.8. The zero-order valence-electron chi connectivity index (χ0n) is 16.7. The van der Waals surface area contributed by atoms with Crippen molar-refractivity contribution >= 4 is 17.3 Å². The number of amides is 1. The number of carbonyl (C=O) groups excluding carboxylic acids is 1. The van der Waals surface area contributed by atoms with Crippen molar-refractivity contribution in [2.45, 2.75) is 0 Å². The van der Waals surface area contributed by atoms with Crippen molar-refractivity contribution in [1.82, 2.24) is 14.8 Å². The predicted octanol–water partition coefficient (Wildman–Crippen LogP) is 2.24. The van der Waals surface area contributed by atoms with Gasteiger partial charge in [-0.05, 0) is 19.2 Å². The number of benzene rings is 1. The van der Waals surface area contributed by atoms with E-state index in [4.69, 9.17) is 14.2 Å². The lowest BCUT2D eigenvalue weighted by Crippen LogP contribution is -2.47. The van der Waals surface area contributed by atoms with Crippen molar-refractivity contribution in [2.75, 3.05) is 59.9 Å². The van der Waals surface area contributed by atoms with Crippen LogP contribution < -0.4 is 19.5 Å². The Morgan fingerprint density at radius 3 is 2.18 bits per heavy atom. The maximum atomic E-state index is 12.8. The summed E-state index contributed by atoms with van der Waals surface area (Å²) in [6.07, 6.45) is 1.63. The Labute approximate surface area is 165 Å². The third kappa shape index (κ3) is 4.28. The van der Waals surface area contributed by atoms with E-state index in [1.54, 1.807) is 33.6 Å². The van der Waals surface area contributed by atoms with Gasteiger partial charge in [-0.25, -0.2) is 0 Å². The maximum Gasteiger partial charge on any atom is 0.272 e. The Morgan fingerprint density at radius 1 is 0.964 bits per heavy atom. The van der Waals surface area contributed by atoms with E-state index in [-0.39, 0.29) is 5.91 Å². The second-order valence-corrected chi connectivity index (χ2v) is 6.56. The summed E-state index contributed by atoms with van der Waals surface area (Å²) in [5.41, 5.74) is 1.92. The molecular weight excluding hydrogens is 360 g/mol. The van der Waals surface area contributed by atoms with Crippen molar-refractivity contribution in [2.24, 2.45) is 0 Å². The molecule has 8 heteroatoms. The molecule has 0 atom stereocenters. The van der Waals surface area contributed by atoms with E-state index < -0.39 is 0 Å². The number of nitrogens with one attached hydrogen (secondary N) is 1. The van der Waals surface area contributed by atoms with E-state index in [0.29, 0.717) is 36.0 Å². The molecule has 3 rings (SSSR count). The van der Waals surface area contributed by atoms with Crippen LogP contribution in [0.2, 0.25) is 0 Å². The van der Waals surface area contributed by atoms with Crippen molar-refractivity contribution in [1.29, 1.82) is 0 Å². The van der Waals surface area contributed by atoms with E-state index in [2.05, 4.69) is 22.2 Å². The number of likely N-dealkylation sites (N-methyl/N-ethyl adjacent to an activating group) is 1. The first-order valence-corrected chi connectivity index (χ1v) is 9.06. The molecule has 8 nitrogen and oxygen atoms in total. The Kier molecular flexibility index (Phi) is 6.20. The van der Waals surface area contributed by atoms with E-state index in [1.165, 1.54) is 0 Å². The number of aromatic nitrogens is 1. The van der Waals surface area contributed by atoms with Crippen LogP contribution in [0.1, 0.15) is 10.5 Å². The minimum absolute atomic E-state index is 0.0540. The SMILES string of the molecule is COc1cc(Nc2ccnc(C(=O)N3CCN(C)CC3)c2)cc(OC)c1OC. The largest absolute Gasteiger partial charge is 0.493 e. The summed E-state index contributed by atoms with van der Waals surface area (Å²) in [4.78, 5) is 21.1. The fourth-order valence-corrected chi connectivity index (χ4v) is 3.12. The van der Waals surface area contributed by atoms with Gasteiger partial charge < -0.3 is 29.3 Å². The Morgan fingerprint density at radius 2 is 1.61 bits per heavy atom. The van der Waals surface area contributed by atoms with E-state index in [9.17, 15) is 4.79 Å². The second kappa shape index (κ2) is 8.79. The lowest BCUT2D eigenvalue weighted by molar-refractivity contribution is 0.0658. The molecule has 1 aliphatic rings. The molecule has 1 N–H and O–H groups in total. The number of nitrogens with zero attached hydrogens (tertiary/aromatic N) is 3. The first-order valence-electron chi connectivity index (χ1n) is 9.06. The number of rotatable bonds is 6.